The summed E-state index contributed by atoms with van der Waals surface area (Å²) in [5.41, 5.74) is 1.14. The fourth-order valence-electron chi connectivity index (χ4n) is 1.40. The zero-order valence-corrected chi connectivity index (χ0v) is 9.61. The third-order valence-electron chi connectivity index (χ3n) is 2.22. The van der Waals surface area contributed by atoms with E-state index in [0.29, 0.717) is 12.1 Å². The van der Waals surface area contributed by atoms with Crippen molar-refractivity contribution in [3.05, 3.63) is 56.1 Å². The van der Waals surface area contributed by atoms with Gasteiger partial charge in [-0.25, -0.2) is 8.78 Å². The summed E-state index contributed by atoms with van der Waals surface area (Å²) in [4.78, 5) is 13.4. The van der Waals surface area contributed by atoms with Crippen LogP contribution in [0, 0.1) is 11.6 Å². The Bertz CT molecular complexity index is 565. The highest BCUT2D eigenvalue weighted by molar-refractivity contribution is 7.07. The minimum absolute atomic E-state index is 0.116. The largest absolute Gasteiger partial charge is 0.315 e. The summed E-state index contributed by atoms with van der Waals surface area (Å²) in [5.74, 6) is -1.16. The first kappa shape index (κ1) is 11.9. The van der Waals surface area contributed by atoms with Crippen LogP contribution in [0.4, 0.5) is 8.78 Å². The lowest BCUT2D eigenvalue weighted by Crippen LogP contribution is -2.14. The maximum absolute atomic E-state index is 13.2. The predicted octanol–water partition coefficient (Wildman–Crippen LogP) is 2.00. The quantitative estimate of drug-likeness (QED) is 0.879. The fraction of sp³-hybridized carbons (Fsp3) is 0.182. The van der Waals surface area contributed by atoms with Crippen LogP contribution in [0.15, 0.2) is 28.4 Å². The highest BCUT2D eigenvalue weighted by Crippen LogP contribution is 2.09. The molecule has 0 spiro atoms. The van der Waals surface area contributed by atoms with Crippen LogP contribution < -0.4 is 10.2 Å². The van der Waals surface area contributed by atoms with Crippen LogP contribution in [-0.2, 0) is 13.1 Å². The van der Waals surface area contributed by atoms with Gasteiger partial charge in [0.1, 0.15) is 11.6 Å². The van der Waals surface area contributed by atoms with Gasteiger partial charge in [-0.2, -0.15) is 0 Å². The fourth-order valence-corrected chi connectivity index (χ4v) is 1.98. The van der Waals surface area contributed by atoms with E-state index < -0.39 is 11.6 Å². The highest BCUT2D eigenvalue weighted by Gasteiger charge is 2.03. The first-order valence-electron chi connectivity index (χ1n) is 4.96. The maximum Gasteiger partial charge on any atom is 0.304 e. The summed E-state index contributed by atoms with van der Waals surface area (Å²) in [6, 6.07) is 3.46. The van der Waals surface area contributed by atoms with Gasteiger partial charge in [0.15, 0.2) is 0 Å². The normalized spacial score (nSPS) is 10.7. The van der Waals surface area contributed by atoms with Gasteiger partial charge in [-0.1, -0.05) is 17.4 Å². The Morgan fingerprint density at radius 3 is 2.76 bits per heavy atom. The maximum atomic E-state index is 13.2. The second-order valence-electron chi connectivity index (χ2n) is 3.51. The number of nitrogens with one attached hydrogen (secondary N) is 2. The molecule has 0 aliphatic carbocycles. The lowest BCUT2D eigenvalue weighted by molar-refractivity contribution is 0.559. The molecule has 0 bridgehead atoms. The summed E-state index contributed by atoms with van der Waals surface area (Å²) in [6.07, 6.45) is 0. The molecule has 90 valence electrons. The first-order chi connectivity index (χ1) is 8.15. The van der Waals surface area contributed by atoms with E-state index in [4.69, 9.17) is 0 Å². The van der Waals surface area contributed by atoms with Crippen molar-refractivity contribution in [2.24, 2.45) is 0 Å². The third-order valence-corrected chi connectivity index (χ3v) is 2.94. The molecule has 2 rings (SSSR count). The molecule has 0 aliphatic heterocycles. The van der Waals surface area contributed by atoms with Crippen LogP contribution >= 0.6 is 11.3 Å². The van der Waals surface area contributed by atoms with Gasteiger partial charge in [0.05, 0.1) is 0 Å². The molecule has 3 nitrogen and oxygen atoms in total. The Kier molecular flexibility index (Phi) is 3.65. The molecule has 0 radical (unpaired) electrons. The average molecular weight is 256 g/mol. The zero-order chi connectivity index (χ0) is 12.3. The zero-order valence-electron chi connectivity index (χ0n) is 8.80. The minimum atomic E-state index is -0.589. The van der Waals surface area contributed by atoms with Crippen molar-refractivity contribution in [1.82, 2.24) is 10.3 Å². The van der Waals surface area contributed by atoms with E-state index >= 15 is 0 Å². The molecule has 0 amide bonds. The Morgan fingerprint density at radius 1 is 1.29 bits per heavy atom. The number of thiazole rings is 1. The molecular weight excluding hydrogens is 246 g/mol. The summed E-state index contributed by atoms with van der Waals surface area (Å²) in [7, 11) is 0. The molecule has 2 aromatic rings. The van der Waals surface area contributed by atoms with Crippen molar-refractivity contribution in [1.29, 1.82) is 0 Å². The summed E-state index contributed by atoms with van der Waals surface area (Å²) >= 11 is 1.08. The van der Waals surface area contributed by atoms with Crippen molar-refractivity contribution in [2.75, 3.05) is 0 Å². The van der Waals surface area contributed by atoms with Crippen molar-refractivity contribution in [3.8, 4) is 0 Å². The number of aromatic nitrogens is 1. The molecule has 0 atom stereocenters. The lowest BCUT2D eigenvalue weighted by Gasteiger charge is -2.04. The molecule has 0 saturated carbocycles. The summed E-state index contributed by atoms with van der Waals surface area (Å²) < 4.78 is 25.9. The molecule has 1 aromatic carbocycles. The van der Waals surface area contributed by atoms with Gasteiger partial charge in [0.2, 0.25) is 0 Å². The van der Waals surface area contributed by atoms with Gasteiger partial charge in [-0.3, -0.25) is 4.79 Å². The molecule has 17 heavy (non-hydrogen) atoms. The summed E-state index contributed by atoms with van der Waals surface area (Å²) in [6.45, 7) is 0.722. The topological polar surface area (TPSA) is 44.9 Å². The van der Waals surface area contributed by atoms with Crippen molar-refractivity contribution >= 4 is 11.3 Å². The number of aromatic amines is 1. The van der Waals surface area contributed by atoms with E-state index in [9.17, 15) is 13.6 Å². The monoisotopic (exact) mass is 256 g/mol. The minimum Gasteiger partial charge on any atom is -0.315 e. The van der Waals surface area contributed by atoms with E-state index in [0.717, 1.165) is 23.1 Å². The third kappa shape index (κ3) is 3.21. The van der Waals surface area contributed by atoms with Gasteiger partial charge < -0.3 is 10.3 Å². The first-order valence-corrected chi connectivity index (χ1v) is 5.84. The standard InChI is InChI=1S/C11H10F2N2OS/c12-8-2-1-7(10(13)3-8)4-14-5-9-6-17-11(16)15-9/h1-3,6,14H,4-5H2,(H,15,16). The summed E-state index contributed by atoms with van der Waals surface area (Å²) in [5, 5.41) is 4.67. The van der Waals surface area contributed by atoms with E-state index in [1.807, 2.05) is 0 Å². The van der Waals surface area contributed by atoms with E-state index in [-0.39, 0.29) is 11.4 Å². The molecular formula is C11H10F2N2OS. The Hall–Kier alpha value is -1.53. The van der Waals surface area contributed by atoms with Crippen molar-refractivity contribution in [3.63, 3.8) is 0 Å². The van der Waals surface area contributed by atoms with Crippen molar-refractivity contribution in [2.45, 2.75) is 13.1 Å². The van der Waals surface area contributed by atoms with Crippen LogP contribution in [0.5, 0.6) is 0 Å². The Balaban J connectivity index is 1.92. The van der Waals surface area contributed by atoms with Gasteiger partial charge >= 0.3 is 4.87 Å². The van der Waals surface area contributed by atoms with E-state index in [2.05, 4.69) is 10.3 Å². The van der Waals surface area contributed by atoms with Crippen LogP contribution in [0.1, 0.15) is 11.3 Å². The van der Waals surface area contributed by atoms with Crippen LogP contribution in [-0.4, -0.2) is 4.98 Å². The SMILES string of the molecule is O=c1[nH]c(CNCc2ccc(F)cc2F)cs1. The van der Waals surface area contributed by atoms with Gasteiger partial charge in [-0.05, 0) is 6.07 Å². The molecule has 1 aromatic heterocycles. The van der Waals surface area contributed by atoms with Crippen LogP contribution in [0.3, 0.4) is 0 Å². The average Bonchev–Trinajstić information content (AvgIpc) is 2.68. The smallest absolute Gasteiger partial charge is 0.304 e. The molecule has 0 aliphatic rings. The van der Waals surface area contributed by atoms with E-state index in [1.165, 1.54) is 12.1 Å². The number of H-pyrrole nitrogens is 1. The molecule has 0 saturated heterocycles. The Labute approximate surface area is 100 Å². The molecule has 1 heterocycles. The number of hydrogen-bond acceptors (Lipinski definition) is 3. The molecule has 0 fully saturated rings. The lowest BCUT2D eigenvalue weighted by atomic mass is 10.2. The number of rotatable bonds is 4. The second-order valence-corrected chi connectivity index (χ2v) is 4.35. The molecule has 2 N–H and O–H groups in total. The predicted molar refractivity (Wildman–Crippen MR) is 61.8 cm³/mol. The number of benzene rings is 1. The highest BCUT2D eigenvalue weighted by atomic mass is 32.1. The van der Waals surface area contributed by atoms with Gasteiger partial charge in [-0.15, -0.1) is 0 Å². The van der Waals surface area contributed by atoms with E-state index in [1.54, 1.807) is 5.38 Å². The number of hydrogen-bond donors (Lipinski definition) is 2. The van der Waals surface area contributed by atoms with Gasteiger partial charge in [0.25, 0.3) is 0 Å². The van der Waals surface area contributed by atoms with Gasteiger partial charge in [0, 0.05) is 35.8 Å². The molecule has 6 heteroatoms. The van der Waals surface area contributed by atoms with Crippen molar-refractivity contribution < 1.29 is 8.78 Å². The molecule has 0 unspecified atom stereocenters. The van der Waals surface area contributed by atoms with Crippen LogP contribution in [0.25, 0.3) is 0 Å². The second kappa shape index (κ2) is 5.20. The van der Waals surface area contributed by atoms with Crippen LogP contribution in [0.2, 0.25) is 0 Å². The Morgan fingerprint density at radius 2 is 2.12 bits per heavy atom. The number of halogens is 2.